The molecular formula is C23H27F5N8. The number of benzene rings is 1. The number of hydrogen-bond acceptors (Lipinski definition) is 6. The molecule has 2 N–H and O–H groups in total. The van der Waals surface area contributed by atoms with Crippen LogP contribution < -0.4 is 5.73 Å². The number of likely N-dealkylation sites (tertiary alicyclic amines) is 1. The van der Waals surface area contributed by atoms with Gasteiger partial charge < -0.3 is 5.73 Å². The number of halogens is 5. The SMILES string of the molecule is CCCN1CCCC(F)(F)C1.Cc1nc(N)nn2ccc(-c3cc(F)c4nnn(CC(F)F)c4c3)c12. The lowest BCUT2D eigenvalue weighted by molar-refractivity contribution is -0.0637. The van der Waals surface area contributed by atoms with Crippen LogP contribution in [0.2, 0.25) is 0 Å². The Bertz CT molecular complexity index is 1350. The molecule has 0 bridgehead atoms. The lowest BCUT2D eigenvalue weighted by Gasteiger charge is -2.31. The van der Waals surface area contributed by atoms with Crippen LogP contribution in [0.4, 0.5) is 27.9 Å². The molecule has 36 heavy (non-hydrogen) atoms. The third-order valence-corrected chi connectivity index (χ3v) is 5.91. The molecule has 0 amide bonds. The van der Waals surface area contributed by atoms with Gasteiger partial charge in [-0.15, -0.1) is 10.2 Å². The summed E-state index contributed by atoms with van der Waals surface area (Å²) in [5.41, 5.74) is 8.19. The lowest BCUT2D eigenvalue weighted by atomic mass is 10.1. The predicted octanol–water partition coefficient (Wildman–Crippen LogP) is 4.56. The zero-order valence-electron chi connectivity index (χ0n) is 19.9. The molecule has 5 rings (SSSR count). The van der Waals surface area contributed by atoms with Crippen LogP contribution in [-0.2, 0) is 6.54 Å². The second-order valence-electron chi connectivity index (χ2n) is 8.80. The quantitative estimate of drug-likeness (QED) is 0.396. The Kier molecular flexibility index (Phi) is 7.38. The van der Waals surface area contributed by atoms with Gasteiger partial charge in [0.25, 0.3) is 12.3 Å². The molecule has 1 saturated heterocycles. The van der Waals surface area contributed by atoms with E-state index in [4.69, 9.17) is 5.73 Å². The van der Waals surface area contributed by atoms with E-state index in [1.165, 1.54) is 6.07 Å². The van der Waals surface area contributed by atoms with Crippen molar-refractivity contribution in [1.82, 2.24) is 34.5 Å². The Morgan fingerprint density at radius 1 is 1.22 bits per heavy atom. The highest BCUT2D eigenvalue weighted by Crippen LogP contribution is 2.31. The molecule has 1 aliphatic rings. The summed E-state index contributed by atoms with van der Waals surface area (Å²) in [4.78, 5) is 5.97. The third kappa shape index (κ3) is 5.55. The lowest BCUT2D eigenvalue weighted by Crippen LogP contribution is -2.42. The molecule has 0 radical (unpaired) electrons. The van der Waals surface area contributed by atoms with E-state index in [9.17, 15) is 22.0 Å². The monoisotopic (exact) mass is 510 g/mol. The van der Waals surface area contributed by atoms with Crippen molar-refractivity contribution in [3.63, 3.8) is 0 Å². The maximum absolute atomic E-state index is 14.4. The number of anilines is 1. The van der Waals surface area contributed by atoms with Crippen molar-refractivity contribution >= 4 is 22.5 Å². The second kappa shape index (κ2) is 10.3. The first-order valence-electron chi connectivity index (χ1n) is 11.6. The van der Waals surface area contributed by atoms with E-state index in [0.717, 1.165) is 24.2 Å². The minimum Gasteiger partial charge on any atom is -0.367 e. The molecule has 3 aromatic heterocycles. The van der Waals surface area contributed by atoms with Crippen LogP contribution in [0.1, 0.15) is 31.9 Å². The smallest absolute Gasteiger partial charge is 0.260 e. The number of nitrogen functional groups attached to an aromatic ring is 1. The van der Waals surface area contributed by atoms with Gasteiger partial charge in [-0.1, -0.05) is 12.1 Å². The molecule has 1 fully saturated rings. The van der Waals surface area contributed by atoms with E-state index in [-0.39, 0.29) is 29.9 Å². The maximum Gasteiger partial charge on any atom is 0.260 e. The molecule has 1 aliphatic heterocycles. The van der Waals surface area contributed by atoms with Gasteiger partial charge >= 0.3 is 0 Å². The van der Waals surface area contributed by atoms with Crippen molar-refractivity contribution in [2.75, 3.05) is 25.4 Å². The van der Waals surface area contributed by atoms with Crippen LogP contribution in [-0.4, -0.2) is 66.5 Å². The van der Waals surface area contributed by atoms with Crippen molar-refractivity contribution in [3.8, 4) is 11.1 Å². The van der Waals surface area contributed by atoms with Gasteiger partial charge in [0.2, 0.25) is 5.95 Å². The molecular weight excluding hydrogens is 483 g/mol. The van der Waals surface area contributed by atoms with Crippen molar-refractivity contribution in [2.45, 2.75) is 52.0 Å². The van der Waals surface area contributed by atoms with Crippen molar-refractivity contribution in [1.29, 1.82) is 0 Å². The van der Waals surface area contributed by atoms with Gasteiger partial charge in [-0.25, -0.2) is 36.1 Å². The summed E-state index contributed by atoms with van der Waals surface area (Å²) in [7, 11) is 0. The molecule has 13 heteroatoms. The fourth-order valence-electron chi connectivity index (χ4n) is 4.46. The van der Waals surface area contributed by atoms with Gasteiger partial charge in [0.05, 0.1) is 23.3 Å². The van der Waals surface area contributed by atoms with Crippen LogP contribution in [0.15, 0.2) is 24.4 Å². The van der Waals surface area contributed by atoms with Crippen molar-refractivity contribution < 1.29 is 22.0 Å². The summed E-state index contributed by atoms with van der Waals surface area (Å²) in [6, 6.07) is 4.60. The largest absolute Gasteiger partial charge is 0.367 e. The normalized spacial score (nSPS) is 16.0. The molecule has 4 heterocycles. The highest BCUT2D eigenvalue weighted by atomic mass is 19.3. The Labute approximate surface area is 203 Å². The second-order valence-corrected chi connectivity index (χ2v) is 8.80. The number of rotatable bonds is 5. The Hall–Kier alpha value is -3.35. The maximum atomic E-state index is 14.4. The van der Waals surface area contributed by atoms with Crippen molar-refractivity contribution in [2.24, 2.45) is 0 Å². The Morgan fingerprint density at radius 3 is 2.69 bits per heavy atom. The standard InChI is InChI=1S/C15H12F3N7.C8H15F2N/c1-7-14-9(2-3-24(14)22-15(19)20-7)8-4-10(16)13-11(5-8)25(23-21-13)6-12(17)18;1-2-5-11-6-3-4-8(9,10)7-11/h2-5,12H,6H2,1H3,(H2,19,22);2-7H2,1H3. The van der Waals surface area contributed by atoms with Gasteiger partial charge in [0.15, 0.2) is 5.82 Å². The summed E-state index contributed by atoms with van der Waals surface area (Å²) < 4.78 is 67.8. The van der Waals surface area contributed by atoms with Gasteiger partial charge in [-0.2, -0.15) is 0 Å². The van der Waals surface area contributed by atoms with Gasteiger partial charge in [0, 0.05) is 18.2 Å². The number of nitrogens with zero attached hydrogens (tertiary/aromatic N) is 7. The van der Waals surface area contributed by atoms with E-state index >= 15 is 0 Å². The summed E-state index contributed by atoms with van der Waals surface area (Å²) in [6.45, 7) is 4.76. The minimum absolute atomic E-state index is 0.0269. The molecule has 0 unspecified atom stereocenters. The van der Waals surface area contributed by atoms with Crippen LogP contribution in [0.25, 0.3) is 27.7 Å². The Morgan fingerprint density at radius 2 is 2.00 bits per heavy atom. The molecule has 194 valence electrons. The molecule has 0 atom stereocenters. The topological polar surface area (TPSA) is 90.2 Å². The molecule has 1 aromatic carbocycles. The fraction of sp³-hybridized carbons (Fsp3) is 0.478. The molecule has 0 aliphatic carbocycles. The predicted molar refractivity (Wildman–Crippen MR) is 126 cm³/mol. The molecule has 0 spiro atoms. The summed E-state index contributed by atoms with van der Waals surface area (Å²) >= 11 is 0. The number of nitrogens with two attached hydrogens (primary N) is 1. The number of fused-ring (bicyclic) bond motifs is 2. The highest BCUT2D eigenvalue weighted by Gasteiger charge is 2.34. The average Bonchev–Trinajstić information content (AvgIpc) is 3.38. The minimum atomic E-state index is -2.62. The zero-order chi connectivity index (χ0) is 26.0. The summed E-state index contributed by atoms with van der Waals surface area (Å²) in [6.07, 6.45) is 0.744. The Balaban J connectivity index is 0.000000233. The van der Waals surface area contributed by atoms with E-state index < -0.39 is 24.7 Å². The average molecular weight is 511 g/mol. The van der Waals surface area contributed by atoms with Gasteiger partial charge in [0.1, 0.15) is 12.1 Å². The first kappa shape index (κ1) is 25.7. The zero-order valence-corrected chi connectivity index (χ0v) is 19.9. The summed E-state index contributed by atoms with van der Waals surface area (Å²) in [5, 5.41) is 11.3. The first-order valence-corrected chi connectivity index (χ1v) is 11.6. The van der Waals surface area contributed by atoms with Crippen LogP contribution in [0.3, 0.4) is 0 Å². The molecule has 8 nitrogen and oxygen atoms in total. The van der Waals surface area contributed by atoms with Crippen LogP contribution >= 0.6 is 0 Å². The fourth-order valence-corrected chi connectivity index (χ4v) is 4.46. The highest BCUT2D eigenvalue weighted by molar-refractivity contribution is 5.88. The van der Waals surface area contributed by atoms with E-state index in [2.05, 4.69) is 20.4 Å². The number of piperidine rings is 1. The summed E-state index contributed by atoms with van der Waals surface area (Å²) in [5.74, 6) is -2.94. The molecule has 4 aromatic rings. The number of hydrogen-bond donors (Lipinski definition) is 1. The number of aromatic nitrogens is 6. The number of alkyl halides is 4. The van der Waals surface area contributed by atoms with Crippen LogP contribution in [0, 0.1) is 12.7 Å². The van der Waals surface area contributed by atoms with Gasteiger partial charge in [-0.05, 0) is 56.6 Å². The number of aryl methyl sites for hydroxylation is 1. The van der Waals surface area contributed by atoms with E-state index in [1.807, 2.05) is 11.8 Å². The van der Waals surface area contributed by atoms with Crippen molar-refractivity contribution in [3.05, 3.63) is 35.9 Å². The first-order chi connectivity index (χ1) is 17.1. The third-order valence-electron chi connectivity index (χ3n) is 5.91. The van der Waals surface area contributed by atoms with E-state index in [1.54, 1.807) is 29.8 Å². The van der Waals surface area contributed by atoms with E-state index in [0.29, 0.717) is 28.8 Å². The van der Waals surface area contributed by atoms with Crippen LogP contribution in [0.5, 0.6) is 0 Å². The van der Waals surface area contributed by atoms with Gasteiger partial charge in [-0.3, -0.25) is 4.90 Å². The molecule has 0 saturated carbocycles.